The summed E-state index contributed by atoms with van der Waals surface area (Å²) in [4.78, 5) is 7.77. The van der Waals surface area contributed by atoms with Crippen LogP contribution in [0.1, 0.15) is 44.5 Å². The Bertz CT molecular complexity index is 3870. The van der Waals surface area contributed by atoms with E-state index in [-0.39, 0.29) is 0 Å². The summed E-state index contributed by atoms with van der Waals surface area (Å²) in [7, 11) is 0. The molecule has 0 unspecified atom stereocenters. The molecule has 0 radical (unpaired) electrons. The van der Waals surface area contributed by atoms with Crippen molar-refractivity contribution in [2.75, 3.05) is 4.90 Å². The van der Waals surface area contributed by atoms with Gasteiger partial charge in [0.15, 0.2) is 0 Å². The van der Waals surface area contributed by atoms with Crippen LogP contribution in [-0.4, -0.2) is 0 Å². The van der Waals surface area contributed by atoms with Crippen LogP contribution in [0.3, 0.4) is 0 Å². The minimum Gasteiger partial charge on any atom is -0.310 e. The second kappa shape index (κ2) is 15.7. The fraction of sp³-hybridized carbons (Fsp3) is 0.0294. The number of nitrogens with zero attached hydrogens (tertiary/aromatic N) is 1. The highest BCUT2D eigenvalue weighted by molar-refractivity contribution is 7.99. The van der Waals surface area contributed by atoms with Crippen LogP contribution < -0.4 is 4.90 Å². The van der Waals surface area contributed by atoms with Gasteiger partial charge in [0, 0.05) is 36.5 Å². The maximum atomic E-state index is 2.54. The lowest BCUT2D eigenvalue weighted by Gasteiger charge is -2.40. The zero-order chi connectivity index (χ0) is 46.7. The summed E-state index contributed by atoms with van der Waals surface area (Å²) in [6, 6.07) is 98.0. The lowest BCUT2D eigenvalue weighted by atomic mass is 9.67. The average molecular weight is 938 g/mol. The lowest BCUT2D eigenvalue weighted by Crippen LogP contribution is -2.32. The van der Waals surface area contributed by atoms with Crippen molar-refractivity contribution in [3.8, 4) is 44.5 Å². The summed E-state index contributed by atoms with van der Waals surface area (Å²) in [5.74, 6) is 0. The van der Waals surface area contributed by atoms with Crippen LogP contribution >= 0.6 is 23.5 Å². The molecule has 11 aromatic rings. The van der Waals surface area contributed by atoms with Crippen LogP contribution in [0.2, 0.25) is 0 Å². The molecule has 0 N–H and O–H groups in total. The molecule has 2 spiro atoms. The van der Waals surface area contributed by atoms with E-state index < -0.39 is 10.8 Å². The molecule has 0 saturated carbocycles. The van der Waals surface area contributed by atoms with E-state index in [1.807, 2.05) is 23.5 Å². The van der Waals surface area contributed by atoms with Gasteiger partial charge >= 0.3 is 0 Å². The summed E-state index contributed by atoms with van der Waals surface area (Å²) in [5.41, 5.74) is 23.0. The second-order valence-corrected chi connectivity index (χ2v) is 21.2. The van der Waals surface area contributed by atoms with Gasteiger partial charge in [-0.1, -0.05) is 224 Å². The van der Waals surface area contributed by atoms with Gasteiger partial charge in [0.05, 0.1) is 16.5 Å². The van der Waals surface area contributed by atoms with Crippen molar-refractivity contribution >= 4 is 40.6 Å². The largest absolute Gasteiger partial charge is 0.310 e. The molecule has 4 aliphatic rings. The van der Waals surface area contributed by atoms with Gasteiger partial charge < -0.3 is 4.90 Å². The minimum absolute atomic E-state index is 0.456. The highest BCUT2D eigenvalue weighted by atomic mass is 32.2. The number of fused-ring (bicyclic) bond motifs is 18. The normalized spacial score (nSPS) is 14.3. The molecule has 11 aromatic carbocycles. The Labute approximate surface area is 423 Å². The maximum absolute atomic E-state index is 2.54. The van der Waals surface area contributed by atoms with Gasteiger partial charge in [-0.2, -0.15) is 0 Å². The molecule has 2 aliphatic heterocycles. The third kappa shape index (κ3) is 5.73. The summed E-state index contributed by atoms with van der Waals surface area (Å²) in [5, 5.41) is 0. The van der Waals surface area contributed by atoms with Crippen molar-refractivity contribution in [3.05, 3.63) is 305 Å². The molecular formula is C68H43NS2. The van der Waals surface area contributed by atoms with Crippen LogP contribution in [0.25, 0.3) is 44.5 Å². The number of hydrogen-bond acceptors (Lipinski definition) is 3. The number of benzene rings is 11. The van der Waals surface area contributed by atoms with Crippen molar-refractivity contribution in [3.63, 3.8) is 0 Å². The number of rotatable bonds is 5. The molecule has 0 bridgehead atoms. The molecule has 2 heterocycles. The Morgan fingerprint density at radius 1 is 0.254 bits per heavy atom. The quantitative estimate of drug-likeness (QED) is 0.169. The number of anilines is 3. The lowest BCUT2D eigenvalue weighted by molar-refractivity contribution is 0.722. The molecule has 2 aliphatic carbocycles. The number of hydrogen-bond donors (Lipinski definition) is 0. The van der Waals surface area contributed by atoms with E-state index in [2.05, 4.69) is 266 Å². The zero-order valence-electron chi connectivity index (χ0n) is 38.6. The van der Waals surface area contributed by atoms with E-state index >= 15 is 0 Å². The van der Waals surface area contributed by atoms with Gasteiger partial charge in [0.25, 0.3) is 0 Å². The summed E-state index contributed by atoms with van der Waals surface area (Å²) >= 11 is 3.78. The molecule has 0 saturated heterocycles. The van der Waals surface area contributed by atoms with Gasteiger partial charge in [0.2, 0.25) is 0 Å². The van der Waals surface area contributed by atoms with Gasteiger partial charge in [-0.05, 0) is 144 Å². The summed E-state index contributed by atoms with van der Waals surface area (Å²) in [6.07, 6.45) is 0. The third-order valence-corrected chi connectivity index (χ3v) is 17.9. The Hall–Kier alpha value is -8.08. The molecular weight excluding hydrogens is 895 g/mol. The van der Waals surface area contributed by atoms with Crippen molar-refractivity contribution in [2.45, 2.75) is 30.4 Å². The van der Waals surface area contributed by atoms with Gasteiger partial charge in [-0.25, -0.2) is 0 Å². The maximum Gasteiger partial charge on any atom is 0.0736 e. The molecule has 0 aromatic heterocycles. The first-order valence-corrected chi connectivity index (χ1v) is 26.1. The molecule has 332 valence electrons. The first-order valence-electron chi connectivity index (χ1n) is 24.5. The molecule has 1 nitrogen and oxygen atoms in total. The SMILES string of the molecule is c1ccc(-c2cccc(-c3ccc(N(c4ccc5c(c4)-c4ccccc4C54c5ccccc5Sc5ccccc54)c4cccc5c4-c4ccccc4C54c5ccccc5Sc5ccccc54)cc3)c2)cc1. The van der Waals surface area contributed by atoms with Gasteiger partial charge in [0.1, 0.15) is 0 Å². The fourth-order valence-electron chi connectivity index (χ4n) is 12.8. The fourth-order valence-corrected chi connectivity index (χ4v) is 15.2. The van der Waals surface area contributed by atoms with Gasteiger partial charge in [-0.3, -0.25) is 0 Å². The molecule has 3 heteroatoms. The summed E-state index contributed by atoms with van der Waals surface area (Å²) in [6.45, 7) is 0. The van der Waals surface area contributed by atoms with Crippen LogP contribution in [0.4, 0.5) is 17.1 Å². The molecule has 0 fully saturated rings. The van der Waals surface area contributed by atoms with Crippen molar-refractivity contribution in [2.24, 2.45) is 0 Å². The van der Waals surface area contributed by atoms with E-state index in [1.54, 1.807) is 0 Å². The highest BCUT2D eigenvalue weighted by Crippen LogP contribution is 2.66. The van der Waals surface area contributed by atoms with Crippen LogP contribution in [0.15, 0.2) is 280 Å². The van der Waals surface area contributed by atoms with Crippen molar-refractivity contribution < 1.29 is 0 Å². The van der Waals surface area contributed by atoms with E-state index in [0.29, 0.717) is 0 Å². The molecule has 0 atom stereocenters. The zero-order valence-corrected chi connectivity index (χ0v) is 40.2. The van der Waals surface area contributed by atoms with E-state index in [0.717, 1.165) is 17.1 Å². The highest BCUT2D eigenvalue weighted by Gasteiger charge is 2.52. The molecule has 15 rings (SSSR count). The van der Waals surface area contributed by atoms with Crippen molar-refractivity contribution in [1.29, 1.82) is 0 Å². The Morgan fingerprint density at radius 3 is 1.25 bits per heavy atom. The molecule has 0 amide bonds. The predicted octanol–water partition coefficient (Wildman–Crippen LogP) is 18.1. The molecule has 71 heavy (non-hydrogen) atoms. The second-order valence-electron chi connectivity index (χ2n) is 19.0. The standard InChI is InChI=1S/C68H43NS2/c1-2-18-44(19-3-1)46-20-16-21-47(42-46)45-36-38-48(39-37-45)69(49-40-41-55-52(43-49)50-22-4-6-24-53(50)67(55)56-26-8-12-32-62(56)70-63-33-13-9-27-57(63)67)61-31-17-30-60-66(61)51-23-5-7-25-54(51)68(60)58-28-10-14-34-64(58)71-65-35-15-11-29-59(65)68/h1-43H. The topological polar surface area (TPSA) is 3.24 Å². The van der Waals surface area contributed by atoms with E-state index in [4.69, 9.17) is 0 Å². The predicted molar refractivity (Wildman–Crippen MR) is 295 cm³/mol. The van der Waals surface area contributed by atoms with Crippen molar-refractivity contribution in [1.82, 2.24) is 0 Å². The third-order valence-electron chi connectivity index (χ3n) is 15.6. The smallest absolute Gasteiger partial charge is 0.0736 e. The Balaban J connectivity index is 0.980. The van der Waals surface area contributed by atoms with E-state index in [9.17, 15) is 0 Å². The minimum atomic E-state index is -0.497. The van der Waals surface area contributed by atoms with Crippen LogP contribution in [0.5, 0.6) is 0 Å². The summed E-state index contributed by atoms with van der Waals surface area (Å²) < 4.78 is 0. The van der Waals surface area contributed by atoms with Crippen LogP contribution in [0, 0.1) is 0 Å². The van der Waals surface area contributed by atoms with E-state index in [1.165, 1.54) is 109 Å². The van der Waals surface area contributed by atoms with Gasteiger partial charge in [-0.15, -0.1) is 0 Å². The van der Waals surface area contributed by atoms with Crippen LogP contribution in [-0.2, 0) is 10.8 Å². The first-order chi connectivity index (χ1) is 35.2. The monoisotopic (exact) mass is 937 g/mol. The first kappa shape index (κ1) is 40.8. The Morgan fingerprint density at radius 2 is 0.662 bits per heavy atom. The average Bonchev–Trinajstić information content (AvgIpc) is 3.90. The Kier molecular flexibility index (Phi) is 9.03.